The van der Waals surface area contributed by atoms with Crippen LogP contribution >= 0.6 is 11.3 Å². The Labute approximate surface area is 187 Å². The fourth-order valence-electron chi connectivity index (χ4n) is 4.93. The van der Waals surface area contributed by atoms with Crippen molar-refractivity contribution in [3.63, 3.8) is 0 Å². The molecule has 3 aliphatic rings. The molecule has 0 saturated carbocycles. The zero-order valence-electron chi connectivity index (χ0n) is 17.1. The van der Waals surface area contributed by atoms with Crippen LogP contribution in [-0.4, -0.2) is 51.5 Å². The number of thiazole rings is 1. The highest BCUT2D eigenvalue weighted by molar-refractivity contribution is 7.09. The number of likely N-dealkylation sites (tertiary alicyclic amines) is 1. The zero-order chi connectivity index (χ0) is 22.5. The molecule has 2 amide bonds. The number of carbonyl (C=O) groups excluding carboxylic acids is 2. The van der Waals surface area contributed by atoms with E-state index < -0.39 is 29.5 Å². The maximum atomic E-state index is 13.7. The predicted octanol–water partition coefficient (Wildman–Crippen LogP) is 3.18. The van der Waals surface area contributed by atoms with Gasteiger partial charge in [0.25, 0.3) is 11.8 Å². The Morgan fingerprint density at radius 2 is 1.97 bits per heavy atom. The molecule has 32 heavy (non-hydrogen) atoms. The van der Waals surface area contributed by atoms with Crippen molar-refractivity contribution >= 4 is 23.2 Å². The molecule has 0 aliphatic carbocycles. The Morgan fingerprint density at radius 3 is 2.66 bits per heavy atom. The Bertz CT molecular complexity index is 1100. The number of carbonyl (C=O) groups is 2. The van der Waals surface area contributed by atoms with Crippen LogP contribution in [0.1, 0.15) is 52.8 Å². The van der Waals surface area contributed by atoms with E-state index in [4.69, 9.17) is 10.00 Å². The van der Waals surface area contributed by atoms with Gasteiger partial charge >= 0.3 is 0 Å². The van der Waals surface area contributed by atoms with Crippen LogP contribution in [0.5, 0.6) is 0 Å². The Hall–Kier alpha value is -2.90. The van der Waals surface area contributed by atoms with Gasteiger partial charge in [-0.3, -0.25) is 9.59 Å². The fourth-order valence-corrected chi connectivity index (χ4v) is 5.63. The number of benzene rings is 1. The highest BCUT2D eigenvalue weighted by Crippen LogP contribution is 2.47. The minimum absolute atomic E-state index is 0.164. The maximum Gasteiger partial charge on any atom is 0.273 e. The molecule has 1 unspecified atom stereocenters. The molecule has 3 saturated heterocycles. The van der Waals surface area contributed by atoms with Gasteiger partial charge in [0.2, 0.25) is 0 Å². The number of piperidine rings is 1. The normalized spacial score (nSPS) is 24.1. The fraction of sp³-hybridized carbons (Fsp3) is 0.455. The lowest BCUT2D eigenvalue weighted by Crippen LogP contribution is -2.51. The summed E-state index contributed by atoms with van der Waals surface area (Å²) in [6.07, 6.45) is 1.62. The van der Waals surface area contributed by atoms with E-state index in [9.17, 15) is 18.4 Å². The first kappa shape index (κ1) is 21.0. The Morgan fingerprint density at radius 1 is 1.25 bits per heavy atom. The second kappa shape index (κ2) is 7.90. The summed E-state index contributed by atoms with van der Waals surface area (Å²) in [6, 6.07) is 4.94. The monoisotopic (exact) mass is 458 g/mol. The third-order valence-electron chi connectivity index (χ3n) is 6.45. The molecule has 4 heterocycles. The lowest BCUT2D eigenvalue weighted by Gasteiger charge is -2.37. The van der Waals surface area contributed by atoms with Gasteiger partial charge in [0, 0.05) is 37.4 Å². The number of halogens is 2. The number of hydrogen-bond acceptors (Lipinski definition) is 6. The van der Waals surface area contributed by atoms with Crippen molar-refractivity contribution in [3.8, 4) is 6.07 Å². The number of aromatic nitrogens is 1. The summed E-state index contributed by atoms with van der Waals surface area (Å²) in [5, 5.41) is 11.0. The molecule has 1 spiro atoms. The molecule has 3 fully saturated rings. The molecular formula is C22H20F2N4O3S. The number of amides is 2. The summed E-state index contributed by atoms with van der Waals surface area (Å²) in [5.41, 5.74) is -0.271. The summed E-state index contributed by atoms with van der Waals surface area (Å²) in [4.78, 5) is 33.7. The van der Waals surface area contributed by atoms with Crippen LogP contribution in [0.15, 0.2) is 23.6 Å². The summed E-state index contributed by atoms with van der Waals surface area (Å²) in [5.74, 6) is -1.74. The number of nitrogens with zero attached hydrogens (tertiary/aromatic N) is 4. The number of nitriles is 1. The summed E-state index contributed by atoms with van der Waals surface area (Å²) >= 11 is 1.28. The minimum atomic E-state index is -1.01. The second-order valence-corrected chi connectivity index (χ2v) is 9.27. The van der Waals surface area contributed by atoms with Crippen molar-refractivity contribution in [2.75, 3.05) is 13.1 Å². The third kappa shape index (κ3) is 3.45. The van der Waals surface area contributed by atoms with Crippen LogP contribution in [0, 0.1) is 23.0 Å². The molecule has 0 radical (unpaired) electrons. The number of rotatable bonds is 3. The van der Waals surface area contributed by atoms with Crippen LogP contribution in [0.2, 0.25) is 0 Å². The standard InChI is InChI=1S/C22H20F2N4O3S/c23-14-9-13(10-15(24)11-14)17-1-2-19-28(17)21(30)22(31-19)4-7-27(8-5-22)20(29)16-12-32-18(26-16)3-6-25/h9-12,17,19H,1-5,7-8H2/t17-,19?/m0/s1. The van der Waals surface area contributed by atoms with Gasteiger partial charge in [0.1, 0.15) is 28.6 Å². The van der Waals surface area contributed by atoms with Gasteiger partial charge in [-0.05, 0) is 30.5 Å². The van der Waals surface area contributed by atoms with Gasteiger partial charge in [-0.2, -0.15) is 5.26 Å². The number of fused-ring (bicyclic) bond motifs is 1. The molecule has 3 aliphatic heterocycles. The quantitative estimate of drug-likeness (QED) is 0.705. The average Bonchev–Trinajstić information content (AvgIpc) is 3.45. The van der Waals surface area contributed by atoms with Gasteiger partial charge in [0.15, 0.2) is 5.60 Å². The van der Waals surface area contributed by atoms with Crippen LogP contribution in [0.3, 0.4) is 0 Å². The van der Waals surface area contributed by atoms with E-state index in [1.54, 1.807) is 15.2 Å². The largest absolute Gasteiger partial charge is 0.342 e. The van der Waals surface area contributed by atoms with E-state index in [2.05, 4.69) is 4.98 Å². The van der Waals surface area contributed by atoms with Crippen LogP contribution in [-0.2, 0) is 16.0 Å². The lowest BCUT2D eigenvalue weighted by atomic mass is 9.89. The summed E-state index contributed by atoms with van der Waals surface area (Å²) in [7, 11) is 0. The molecule has 166 valence electrons. The van der Waals surface area contributed by atoms with Gasteiger partial charge in [0.05, 0.1) is 18.5 Å². The van der Waals surface area contributed by atoms with E-state index in [0.29, 0.717) is 55.0 Å². The maximum absolute atomic E-state index is 13.7. The lowest BCUT2D eigenvalue weighted by molar-refractivity contribution is -0.142. The molecule has 2 atom stereocenters. The van der Waals surface area contributed by atoms with Crippen molar-refractivity contribution in [2.24, 2.45) is 0 Å². The van der Waals surface area contributed by atoms with Crippen LogP contribution in [0.4, 0.5) is 8.78 Å². The highest BCUT2D eigenvalue weighted by atomic mass is 32.1. The summed E-state index contributed by atoms with van der Waals surface area (Å²) < 4.78 is 33.7. The van der Waals surface area contributed by atoms with Crippen molar-refractivity contribution in [1.29, 1.82) is 5.26 Å². The SMILES string of the molecule is N#CCc1nc(C(=O)N2CCC3(CC2)OC2CC[C@@H](c4cc(F)cc(F)c4)N2C3=O)cs1. The first-order chi connectivity index (χ1) is 15.4. The molecule has 0 bridgehead atoms. The predicted molar refractivity (Wildman–Crippen MR) is 109 cm³/mol. The number of ether oxygens (including phenoxy) is 1. The van der Waals surface area contributed by atoms with Crippen LogP contribution in [0.25, 0.3) is 0 Å². The molecule has 0 N–H and O–H groups in total. The molecule has 5 rings (SSSR count). The average molecular weight is 458 g/mol. The van der Waals surface area contributed by atoms with Crippen molar-refractivity contribution < 1.29 is 23.1 Å². The second-order valence-electron chi connectivity index (χ2n) is 8.33. The first-order valence-electron chi connectivity index (χ1n) is 10.5. The molecular weight excluding hydrogens is 438 g/mol. The van der Waals surface area contributed by atoms with E-state index in [1.165, 1.54) is 23.5 Å². The molecule has 10 heteroatoms. The summed E-state index contributed by atoms with van der Waals surface area (Å²) in [6.45, 7) is 0.686. The minimum Gasteiger partial charge on any atom is -0.342 e. The van der Waals surface area contributed by atoms with E-state index in [0.717, 1.165) is 6.07 Å². The molecule has 2 aromatic rings. The molecule has 1 aromatic carbocycles. The van der Waals surface area contributed by atoms with E-state index in [-0.39, 0.29) is 18.2 Å². The zero-order valence-corrected chi connectivity index (χ0v) is 17.9. The number of hydrogen-bond donors (Lipinski definition) is 0. The van der Waals surface area contributed by atoms with E-state index >= 15 is 0 Å². The van der Waals surface area contributed by atoms with Gasteiger partial charge in [-0.1, -0.05) is 0 Å². The molecule has 7 nitrogen and oxygen atoms in total. The molecule has 1 aromatic heterocycles. The Kier molecular flexibility index (Phi) is 5.18. The first-order valence-corrected chi connectivity index (χ1v) is 11.4. The van der Waals surface area contributed by atoms with Crippen LogP contribution < -0.4 is 0 Å². The van der Waals surface area contributed by atoms with Crippen molar-refractivity contribution in [2.45, 2.75) is 50.0 Å². The van der Waals surface area contributed by atoms with Gasteiger partial charge < -0.3 is 14.5 Å². The highest BCUT2D eigenvalue weighted by Gasteiger charge is 2.58. The van der Waals surface area contributed by atoms with Gasteiger partial charge in [-0.25, -0.2) is 13.8 Å². The Balaban J connectivity index is 1.29. The topological polar surface area (TPSA) is 86.5 Å². The van der Waals surface area contributed by atoms with Gasteiger partial charge in [-0.15, -0.1) is 11.3 Å². The third-order valence-corrected chi connectivity index (χ3v) is 7.30. The smallest absolute Gasteiger partial charge is 0.273 e. The van der Waals surface area contributed by atoms with Crippen molar-refractivity contribution in [1.82, 2.24) is 14.8 Å². The van der Waals surface area contributed by atoms with Crippen molar-refractivity contribution in [3.05, 3.63) is 51.5 Å². The van der Waals surface area contributed by atoms with E-state index in [1.807, 2.05) is 6.07 Å².